The molecule has 0 unspecified atom stereocenters. The van der Waals surface area contributed by atoms with Crippen molar-refractivity contribution in [2.24, 2.45) is 0 Å². The van der Waals surface area contributed by atoms with Gasteiger partial charge in [0.15, 0.2) is 12.6 Å². The molecule has 0 saturated carbocycles. The first-order valence-corrected chi connectivity index (χ1v) is 14.0. The Balaban J connectivity index is 1.64. The lowest BCUT2D eigenvalue weighted by molar-refractivity contribution is -0.331. The summed E-state index contributed by atoms with van der Waals surface area (Å²) in [4.78, 5) is 0. The zero-order valence-corrected chi connectivity index (χ0v) is 22.1. The second-order valence-electron chi connectivity index (χ2n) is 10.3. The number of ether oxygens (including phenoxy) is 4. The van der Waals surface area contributed by atoms with Gasteiger partial charge in [-0.2, -0.15) is 0 Å². The quantitative estimate of drug-likeness (QED) is 0.120. The Bertz CT molecular complexity index is 581. The van der Waals surface area contributed by atoms with Crippen LogP contribution in [-0.2, 0) is 18.9 Å². The molecule has 11 heteroatoms. The molecule has 2 fully saturated rings. The summed E-state index contributed by atoms with van der Waals surface area (Å²) in [5.41, 5.74) is 0. The monoisotopic (exact) mass is 538 g/mol. The van der Waals surface area contributed by atoms with Gasteiger partial charge in [-0.3, -0.25) is 0 Å². The summed E-state index contributed by atoms with van der Waals surface area (Å²) in [5.74, 6) is 0. The highest BCUT2D eigenvalue weighted by molar-refractivity contribution is 4.91. The minimum absolute atomic E-state index is 0.322. The molecule has 7 N–H and O–H groups in total. The van der Waals surface area contributed by atoms with E-state index in [4.69, 9.17) is 18.9 Å². The lowest BCUT2D eigenvalue weighted by Crippen LogP contribution is -2.61. The first-order chi connectivity index (χ1) is 17.8. The summed E-state index contributed by atoms with van der Waals surface area (Å²) in [6, 6.07) is 0. The Morgan fingerprint density at radius 3 is 1.46 bits per heavy atom. The topological polar surface area (TPSA) is 179 Å². The van der Waals surface area contributed by atoms with Crippen LogP contribution in [0.5, 0.6) is 0 Å². The van der Waals surface area contributed by atoms with E-state index in [9.17, 15) is 35.7 Å². The van der Waals surface area contributed by atoms with Crippen molar-refractivity contribution in [3.05, 3.63) is 0 Å². The molecule has 2 aliphatic heterocycles. The molecule has 0 aromatic heterocycles. The van der Waals surface area contributed by atoms with E-state index in [2.05, 4.69) is 6.92 Å². The summed E-state index contributed by atoms with van der Waals surface area (Å²) in [6.07, 6.45) is 0.429. The minimum atomic E-state index is -1.60. The Morgan fingerprint density at radius 1 is 0.514 bits per heavy atom. The number of hydrogen-bond donors (Lipinski definition) is 7. The van der Waals surface area contributed by atoms with Gasteiger partial charge in [0.25, 0.3) is 0 Å². The number of hydrogen-bond acceptors (Lipinski definition) is 11. The van der Waals surface area contributed by atoms with Gasteiger partial charge >= 0.3 is 0 Å². The van der Waals surface area contributed by atoms with Crippen LogP contribution in [0, 0.1) is 0 Å². The Labute approximate surface area is 220 Å². The second-order valence-corrected chi connectivity index (χ2v) is 10.3. The lowest BCUT2D eigenvalue weighted by atomic mass is 9.98. The van der Waals surface area contributed by atoms with Gasteiger partial charge in [-0.15, -0.1) is 0 Å². The molecule has 0 spiro atoms. The molecule has 0 amide bonds. The third-order valence-electron chi connectivity index (χ3n) is 7.22. The average Bonchev–Trinajstić information content (AvgIpc) is 2.90. The van der Waals surface area contributed by atoms with Crippen molar-refractivity contribution < 1.29 is 54.7 Å². The summed E-state index contributed by atoms with van der Waals surface area (Å²) in [5, 5.41) is 69.9. The van der Waals surface area contributed by atoms with Crippen molar-refractivity contribution in [2.75, 3.05) is 19.8 Å². The highest BCUT2D eigenvalue weighted by Gasteiger charge is 2.47. The fraction of sp³-hybridized carbons (Fsp3) is 1.00. The minimum Gasteiger partial charge on any atom is -0.394 e. The first-order valence-electron chi connectivity index (χ1n) is 14.0. The van der Waals surface area contributed by atoms with E-state index < -0.39 is 68.0 Å². The second kappa shape index (κ2) is 18.0. The van der Waals surface area contributed by atoms with Gasteiger partial charge in [0.1, 0.15) is 48.8 Å². The molecule has 2 heterocycles. The van der Waals surface area contributed by atoms with E-state index in [1.165, 1.54) is 57.8 Å². The zero-order valence-electron chi connectivity index (χ0n) is 22.1. The van der Waals surface area contributed by atoms with Crippen LogP contribution in [0.4, 0.5) is 0 Å². The van der Waals surface area contributed by atoms with Crippen LogP contribution >= 0.6 is 0 Å². The highest BCUT2D eigenvalue weighted by atomic mass is 16.7. The summed E-state index contributed by atoms with van der Waals surface area (Å²) in [6.45, 7) is 1.58. The van der Waals surface area contributed by atoms with Crippen LogP contribution in [0.1, 0.15) is 84.0 Å². The smallest absolute Gasteiger partial charge is 0.186 e. The van der Waals surface area contributed by atoms with Crippen molar-refractivity contribution in [3.8, 4) is 0 Å². The van der Waals surface area contributed by atoms with Crippen LogP contribution in [0.3, 0.4) is 0 Å². The standard InChI is InChI=1S/C26H50O11/c1-2-3-4-5-6-7-8-9-10-11-12-13-14-34-25-23(32)22(31)20(29)18(37-25)16-35-26-24(33)21(30)19(28)17(15-27)36-26/h17-33H,2-16H2,1H3/t17-,18-,19-,20-,21+,22+,23-,24-,25-,26-/m1/s1. The molecule has 10 atom stereocenters. The summed E-state index contributed by atoms with van der Waals surface area (Å²) in [7, 11) is 0. The van der Waals surface area contributed by atoms with Gasteiger partial charge in [0.2, 0.25) is 0 Å². The SMILES string of the molecule is CCCCCCCCCCCCCCO[C@@H]1O[C@H](CO[C@@H]2O[C@H](CO)[C@@H](O)[C@H](O)[C@H]2O)[C@@H](O)[C@H](O)[C@H]1O. The number of rotatable bonds is 18. The zero-order chi connectivity index (χ0) is 27.2. The van der Waals surface area contributed by atoms with Crippen LogP contribution in [-0.4, -0.2) is 117 Å². The molecular formula is C26H50O11. The maximum Gasteiger partial charge on any atom is 0.186 e. The predicted octanol–water partition coefficient (Wildman–Crippen LogP) is 0.328. The van der Waals surface area contributed by atoms with Gasteiger partial charge in [0, 0.05) is 6.61 Å². The molecule has 0 aliphatic carbocycles. The Hall–Kier alpha value is -0.440. The molecule has 0 aromatic carbocycles. The van der Waals surface area contributed by atoms with Crippen molar-refractivity contribution in [1.29, 1.82) is 0 Å². The van der Waals surface area contributed by atoms with Gasteiger partial charge < -0.3 is 54.7 Å². The molecular weight excluding hydrogens is 488 g/mol. The lowest BCUT2D eigenvalue weighted by Gasteiger charge is -2.42. The highest BCUT2D eigenvalue weighted by Crippen LogP contribution is 2.26. The molecule has 2 aliphatic rings. The van der Waals surface area contributed by atoms with E-state index >= 15 is 0 Å². The van der Waals surface area contributed by atoms with Crippen molar-refractivity contribution in [2.45, 2.75) is 145 Å². The molecule has 0 aromatic rings. The Kier molecular flexibility index (Phi) is 16.0. The number of unbranched alkanes of at least 4 members (excludes halogenated alkanes) is 11. The fourth-order valence-corrected chi connectivity index (χ4v) is 4.73. The van der Waals surface area contributed by atoms with E-state index in [1.807, 2.05) is 0 Å². The van der Waals surface area contributed by atoms with Crippen molar-refractivity contribution >= 4 is 0 Å². The molecule has 2 rings (SSSR count). The molecule has 0 bridgehead atoms. The Morgan fingerprint density at radius 2 is 0.946 bits per heavy atom. The van der Waals surface area contributed by atoms with Crippen LogP contribution in [0.25, 0.3) is 0 Å². The normalized spacial score (nSPS) is 36.6. The maximum absolute atomic E-state index is 10.3. The van der Waals surface area contributed by atoms with Gasteiger partial charge in [0.05, 0.1) is 13.2 Å². The van der Waals surface area contributed by atoms with Crippen LogP contribution < -0.4 is 0 Å². The van der Waals surface area contributed by atoms with E-state index in [1.54, 1.807) is 0 Å². The van der Waals surface area contributed by atoms with E-state index in [0.717, 1.165) is 19.3 Å². The van der Waals surface area contributed by atoms with Crippen molar-refractivity contribution in [3.63, 3.8) is 0 Å². The molecule has 0 radical (unpaired) electrons. The number of aliphatic hydroxyl groups is 7. The molecule has 220 valence electrons. The fourth-order valence-electron chi connectivity index (χ4n) is 4.73. The number of aliphatic hydroxyl groups excluding tert-OH is 7. The first kappa shape index (κ1) is 32.8. The third kappa shape index (κ3) is 10.6. The molecule has 11 nitrogen and oxygen atoms in total. The summed E-state index contributed by atoms with van der Waals surface area (Å²) < 4.78 is 21.9. The van der Waals surface area contributed by atoms with E-state index in [-0.39, 0.29) is 6.61 Å². The molecule has 2 saturated heterocycles. The predicted molar refractivity (Wildman–Crippen MR) is 133 cm³/mol. The van der Waals surface area contributed by atoms with Crippen molar-refractivity contribution in [1.82, 2.24) is 0 Å². The average molecular weight is 539 g/mol. The largest absolute Gasteiger partial charge is 0.394 e. The molecule has 37 heavy (non-hydrogen) atoms. The van der Waals surface area contributed by atoms with Crippen LogP contribution in [0.2, 0.25) is 0 Å². The third-order valence-corrected chi connectivity index (χ3v) is 7.22. The summed E-state index contributed by atoms with van der Waals surface area (Å²) >= 11 is 0. The van der Waals surface area contributed by atoms with Gasteiger partial charge in [-0.05, 0) is 6.42 Å². The van der Waals surface area contributed by atoms with Gasteiger partial charge in [-0.25, -0.2) is 0 Å². The maximum atomic E-state index is 10.3. The van der Waals surface area contributed by atoms with Gasteiger partial charge in [-0.1, -0.05) is 77.6 Å². The van der Waals surface area contributed by atoms with Crippen LogP contribution in [0.15, 0.2) is 0 Å². The van der Waals surface area contributed by atoms with E-state index in [0.29, 0.717) is 6.61 Å².